The van der Waals surface area contributed by atoms with Gasteiger partial charge in [0, 0.05) is 6.42 Å². The average Bonchev–Trinajstić information content (AvgIpc) is 2.48. The molecule has 0 aliphatic rings. The number of carbonyl (C=O) groups is 4. The summed E-state index contributed by atoms with van der Waals surface area (Å²) >= 11 is 0. The number of esters is 2. The van der Waals surface area contributed by atoms with Gasteiger partial charge in [0.25, 0.3) is 0 Å². The number of carboxylic acid groups (broad SMARTS) is 2. The predicted molar refractivity (Wildman–Crippen MR) is 74.8 cm³/mol. The van der Waals surface area contributed by atoms with E-state index < -0.39 is 73.1 Å². The van der Waals surface area contributed by atoms with Gasteiger partial charge in [-0.2, -0.15) is 26.3 Å². The zero-order chi connectivity index (χ0) is 22.5. The molecular formula is C14H16F6O8. The monoisotopic (exact) mass is 426 g/mol. The van der Waals surface area contributed by atoms with Gasteiger partial charge in [-0.15, -0.1) is 0 Å². The fourth-order valence-corrected chi connectivity index (χ4v) is 2.39. The molecular weight excluding hydrogens is 410 g/mol. The first kappa shape index (κ1) is 25.5. The summed E-state index contributed by atoms with van der Waals surface area (Å²) in [7, 11) is 0. The van der Waals surface area contributed by atoms with Gasteiger partial charge in [-0.25, -0.2) is 9.59 Å². The van der Waals surface area contributed by atoms with Crippen molar-refractivity contribution in [3.8, 4) is 0 Å². The molecule has 0 amide bonds. The number of hydrogen-bond donors (Lipinski definition) is 2. The Hall–Kier alpha value is -2.54. The molecule has 8 nitrogen and oxygen atoms in total. The van der Waals surface area contributed by atoms with Crippen LogP contribution in [0, 0.1) is 5.41 Å². The minimum atomic E-state index is -5.54. The highest BCUT2D eigenvalue weighted by atomic mass is 19.4. The zero-order valence-electron chi connectivity index (χ0n) is 14.4. The Labute approximate surface area is 153 Å². The lowest BCUT2D eigenvalue weighted by atomic mass is 9.73. The summed E-state index contributed by atoms with van der Waals surface area (Å²) < 4.78 is 82.4. The van der Waals surface area contributed by atoms with Gasteiger partial charge < -0.3 is 19.7 Å². The third-order valence-electron chi connectivity index (χ3n) is 3.86. The summed E-state index contributed by atoms with van der Waals surface area (Å²) in [4.78, 5) is 44.4. The van der Waals surface area contributed by atoms with Gasteiger partial charge in [-0.3, -0.25) is 9.59 Å². The number of ether oxygens (including phenoxy) is 2. The van der Waals surface area contributed by atoms with Crippen molar-refractivity contribution in [2.45, 2.75) is 57.7 Å². The molecule has 0 aliphatic heterocycles. The molecule has 0 heterocycles. The molecule has 2 N–H and O–H groups in total. The Kier molecular flexibility index (Phi) is 8.28. The molecule has 0 fully saturated rings. The first-order valence-corrected chi connectivity index (χ1v) is 7.47. The Balaban J connectivity index is 5.93. The van der Waals surface area contributed by atoms with Gasteiger partial charge in [-0.05, 0) is 26.7 Å². The van der Waals surface area contributed by atoms with Crippen molar-refractivity contribution in [2.75, 3.05) is 0 Å². The molecule has 0 radical (unpaired) electrons. The van der Waals surface area contributed by atoms with E-state index in [2.05, 4.69) is 9.47 Å². The molecule has 0 aromatic heterocycles. The maximum absolute atomic E-state index is 12.4. The number of halogens is 6. The van der Waals surface area contributed by atoms with Crippen LogP contribution in [0.4, 0.5) is 26.3 Å². The Bertz CT molecular complexity index is 578. The molecule has 162 valence electrons. The summed E-state index contributed by atoms with van der Waals surface area (Å²) in [5, 5.41) is 18.1. The molecule has 0 rings (SSSR count). The van der Waals surface area contributed by atoms with Crippen molar-refractivity contribution in [2.24, 2.45) is 5.41 Å². The highest BCUT2D eigenvalue weighted by Gasteiger charge is 2.56. The first-order valence-electron chi connectivity index (χ1n) is 7.47. The normalized spacial score (nSPS) is 16.4. The molecule has 2 atom stereocenters. The smallest absolute Gasteiger partial charge is 0.481 e. The number of rotatable bonds is 9. The van der Waals surface area contributed by atoms with Crippen molar-refractivity contribution in [3.05, 3.63) is 0 Å². The third kappa shape index (κ3) is 6.56. The van der Waals surface area contributed by atoms with Gasteiger partial charge in [0.05, 0.1) is 0 Å². The van der Waals surface area contributed by atoms with Crippen molar-refractivity contribution < 1.29 is 65.2 Å². The van der Waals surface area contributed by atoms with Crippen LogP contribution in [0.5, 0.6) is 0 Å². The fourth-order valence-electron chi connectivity index (χ4n) is 2.39. The summed E-state index contributed by atoms with van der Waals surface area (Å²) in [5.74, 6) is -9.13. The summed E-state index contributed by atoms with van der Waals surface area (Å²) in [5.41, 5.74) is -2.78. The second kappa shape index (κ2) is 9.10. The molecule has 14 heteroatoms. The van der Waals surface area contributed by atoms with E-state index in [0.29, 0.717) is 13.8 Å². The van der Waals surface area contributed by atoms with Crippen LogP contribution in [0.25, 0.3) is 0 Å². The van der Waals surface area contributed by atoms with Gasteiger partial charge in [0.15, 0.2) is 0 Å². The van der Waals surface area contributed by atoms with Gasteiger partial charge in [-0.1, -0.05) is 0 Å². The largest absolute Gasteiger partial charge is 0.490 e. The maximum atomic E-state index is 12.4. The molecule has 0 bridgehead atoms. The van der Waals surface area contributed by atoms with Gasteiger partial charge in [0.1, 0.15) is 17.6 Å². The minimum absolute atomic E-state index is 0.538. The van der Waals surface area contributed by atoms with Crippen LogP contribution in [-0.4, -0.2) is 58.7 Å². The number of hydrogen-bond acceptors (Lipinski definition) is 6. The van der Waals surface area contributed by atoms with Crippen LogP contribution in [-0.2, 0) is 28.7 Å². The first-order chi connectivity index (χ1) is 12.5. The standard InChI is InChI=1S/C14H16F6O8/c1-6(27-10(25)13(15,16)17)12(9(23)24,5-3-4-8(21)22)7(2)28-11(26)14(18,19)20/h6-7H,3-5H2,1-2H3,(H,21,22)(H,23,24). The second-order valence-corrected chi connectivity index (χ2v) is 5.68. The van der Waals surface area contributed by atoms with Gasteiger partial charge >= 0.3 is 36.2 Å². The molecule has 0 aromatic rings. The van der Waals surface area contributed by atoms with Crippen molar-refractivity contribution in [1.82, 2.24) is 0 Å². The summed E-state index contributed by atoms with van der Waals surface area (Å²) in [6, 6.07) is 0. The van der Waals surface area contributed by atoms with E-state index in [1.807, 2.05) is 0 Å². The molecule has 0 aromatic carbocycles. The number of aliphatic carboxylic acids is 2. The quantitative estimate of drug-likeness (QED) is 0.425. The predicted octanol–water partition coefficient (Wildman–Crippen LogP) is 2.30. The molecule has 0 spiro atoms. The Morgan fingerprint density at radius 3 is 1.43 bits per heavy atom. The Morgan fingerprint density at radius 1 is 0.821 bits per heavy atom. The summed E-state index contributed by atoms with van der Waals surface area (Å²) in [6.07, 6.45) is -17.6. The van der Waals surface area contributed by atoms with Crippen LogP contribution in [0.3, 0.4) is 0 Å². The topological polar surface area (TPSA) is 127 Å². The highest BCUT2D eigenvalue weighted by Crippen LogP contribution is 2.39. The van der Waals surface area contributed by atoms with E-state index in [-0.39, 0.29) is 0 Å². The average molecular weight is 426 g/mol. The van der Waals surface area contributed by atoms with Crippen LogP contribution >= 0.6 is 0 Å². The molecule has 0 saturated heterocycles. The fraction of sp³-hybridized carbons (Fsp3) is 0.714. The van der Waals surface area contributed by atoms with E-state index in [9.17, 15) is 50.6 Å². The van der Waals surface area contributed by atoms with Crippen LogP contribution in [0.2, 0.25) is 0 Å². The molecule has 28 heavy (non-hydrogen) atoms. The SMILES string of the molecule is CC(OC(=O)C(F)(F)F)C(CCCC(=O)O)(C(=O)O)C(C)OC(=O)C(F)(F)F. The van der Waals surface area contributed by atoms with E-state index in [4.69, 9.17) is 5.11 Å². The lowest BCUT2D eigenvalue weighted by molar-refractivity contribution is -0.226. The second-order valence-electron chi connectivity index (χ2n) is 5.68. The molecule has 2 unspecified atom stereocenters. The lowest BCUT2D eigenvalue weighted by Crippen LogP contribution is -2.53. The van der Waals surface area contributed by atoms with Crippen LogP contribution < -0.4 is 0 Å². The molecule has 0 aliphatic carbocycles. The lowest BCUT2D eigenvalue weighted by Gasteiger charge is -2.38. The minimum Gasteiger partial charge on any atom is -0.481 e. The Morgan fingerprint density at radius 2 is 1.18 bits per heavy atom. The van der Waals surface area contributed by atoms with E-state index in [1.165, 1.54) is 0 Å². The maximum Gasteiger partial charge on any atom is 0.490 e. The van der Waals surface area contributed by atoms with E-state index in [1.54, 1.807) is 0 Å². The van der Waals surface area contributed by atoms with Crippen molar-refractivity contribution in [3.63, 3.8) is 0 Å². The molecule has 0 saturated carbocycles. The number of carbonyl (C=O) groups excluding carboxylic acids is 2. The van der Waals surface area contributed by atoms with Crippen molar-refractivity contribution in [1.29, 1.82) is 0 Å². The highest BCUT2D eigenvalue weighted by molar-refractivity contribution is 5.81. The van der Waals surface area contributed by atoms with Crippen LogP contribution in [0.15, 0.2) is 0 Å². The number of alkyl halides is 6. The van der Waals surface area contributed by atoms with Gasteiger partial charge in [0.2, 0.25) is 0 Å². The number of carboxylic acids is 2. The van der Waals surface area contributed by atoms with Crippen molar-refractivity contribution >= 4 is 23.9 Å². The zero-order valence-corrected chi connectivity index (χ0v) is 14.4. The van der Waals surface area contributed by atoms with E-state index >= 15 is 0 Å². The third-order valence-corrected chi connectivity index (χ3v) is 3.86. The summed E-state index contributed by atoms with van der Waals surface area (Å²) in [6.45, 7) is 1.30. The van der Waals surface area contributed by atoms with Crippen LogP contribution in [0.1, 0.15) is 33.1 Å². The van der Waals surface area contributed by atoms with E-state index in [0.717, 1.165) is 0 Å².